The van der Waals surface area contributed by atoms with E-state index in [1.165, 1.54) is 0 Å². The van der Waals surface area contributed by atoms with Crippen LogP contribution in [0.15, 0.2) is 0 Å². The number of carbonyl (C=O) groups excluding carboxylic acids is 1. The Bertz CT molecular complexity index is 815. The van der Waals surface area contributed by atoms with E-state index in [9.17, 15) is 14.7 Å². The van der Waals surface area contributed by atoms with Crippen molar-refractivity contribution in [3.63, 3.8) is 0 Å². The Balaban J connectivity index is 1.69. The van der Waals surface area contributed by atoms with Gasteiger partial charge in [0.2, 0.25) is 0 Å². The number of carboxylic acids is 1. The molecule has 0 spiro atoms. The van der Waals surface area contributed by atoms with Crippen LogP contribution >= 0.6 is 0 Å². The number of aliphatic hydroxyl groups excluding tert-OH is 1. The molecule has 4 nitrogen and oxygen atoms in total. The number of hydrogen-bond acceptors (Lipinski definition) is 3. The van der Waals surface area contributed by atoms with Crippen LogP contribution in [0.25, 0.3) is 0 Å². The maximum atomic E-state index is 14.2. The molecule has 0 aromatic rings. The number of carbonyl (C=O) groups is 2. The van der Waals surface area contributed by atoms with Crippen molar-refractivity contribution in [2.75, 3.05) is 0 Å². The third-order valence-electron chi connectivity index (χ3n) is 10.4. The summed E-state index contributed by atoms with van der Waals surface area (Å²) in [7, 11) is 0. The van der Waals surface area contributed by atoms with E-state index < -0.39 is 31.2 Å². The number of fused-ring (bicyclic) bond motifs is 5. The molecule has 4 fully saturated rings. The summed E-state index contributed by atoms with van der Waals surface area (Å²) in [5.41, 5.74) is -0.296. The van der Waals surface area contributed by atoms with Crippen molar-refractivity contribution in [1.82, 2.24) is 0 Å². The van der Waals surface area contributed by atoms with Crippen molar-refractivity contribution in [3.05, 3.63) is 0 Å². The molecule has 0 amide bonds. The molecule has 0 aromatic carbocycles. The lowest BCUT2D eigenvalue weighted by Crippen LogP contribution is -2.60. The van der Waals surface area contributed by atoms with E-state index in [1.54, 1.807) is 0 Å². The summed E-state index contributed by atoms with van der Waals surface area (Å²) in [4.78, 5) is 25.4. The highest BCUT2D eigenvalue weighted by Crippen LogP contribution is 2.68. The van der Waals surface area contributed by atoms with Gasteiger partial charge in [-0.3, -0.25) is 9.59 Å². The van der Waals surface area contributed by atoms with E-state index in [1.807, 2.05) is 0 Å². The average Bonchev–Trinajstić information content (AvgIpc) is 3.09. The van der Waals surface area contributed by atoms with Crippen LogP contribution in [-0.4, -0.2) is 28.1 Å². The molecule has 30 heavy (non-hydrogen) atoms. The van der Waals surface area contributed by atoms with E-state index in [0.29, 0.717) is 25.2 Å². The standard InChI is InChI=1S/C26H42O4/c1-5-17-21-14-16(27)10-12-26(21,4)20-11-13-25(3)18(15(2)6-9-22(28)29)7-8-19(25)23(20)24(17)30/h15-21,23,27H,5-14H2,1-4H3,(H,28,29)/t15-,16-,17-,18-,19+,20+,21+,23+,25-,26-/m1/s1/i1D3,5D/t5?,15-,16-,17-,18-,19+,20+,21+,23+,25-,26-. The Kier molecular flexibility index (Phi) is 4.64. The van der Waals surface area contributed by atoms with Crippen molar-refractivity contribution in [2.45, 2.75) is 97.9 Å². The summed E-state index contributed by atoms with van der Waals surface area (Å²) in [6.45, 7) is 4.11. The summed E-state index contributed by atoms with van der Waals surface area (Å²) in [6.07, 6.45) is 4.48. The second-order valence-corrected chi connectivity index (χ2v) is 11.5. The fourth-order valence-corrected chi connectivity index (χ4v) is 8.78. The maximum Gasteiger partial charge on any atom is 0.303 e. The van der Waals surface area contributed by atoms with Gasteiger partial charge < -0.3 is 10.2 Å². The molecule has 170 valence electrons. The fraction of sp³-hybridized carbons (Fsp3) is 0.923. The van der Waals surface area contributed by atoms with Crippen molar-refractivity contribution in [1.29, 1.82) is 0 Å². The minimum Gasteiger partial charge on any atom is -0.481 e. The third-order valence-corrected chi connectivity index (χ3v) is 10.4. The van der Waals surface area contributed by atoms with Crippen LogP contribution in [-0.2, 0) is 9.59 Å². The fourth-order valence-electron chi connectivity index (χ4n) is 8.78. The second kappa shape index (κ2) is 7.90. The number of aliphatic carboxylic acids is 1. The van der Waals surface area contributed by atoms with E-state index in [4.69, 9.17) is 10.6 Å². The van der Waals surface area contributed by atoms with Crippen LogP contribution < -0.4 is 0 Å². The Labute approximate surface area is 187 Å². The summed E-state index contributed by atoms with van der Waals surface area (Å²) >= 11 is 0. The molecule has 0 bridgehead atoms. The first-order chi connectivity index (χ1) is 15.7. The molecule has 4 heteroatoms. The SMILES string of the molecule is [2H]C([C@H]1C(=O)[C@@H]2[C@H](CC[C@]3(C)[C@@H]([C@H](C)CCC(=O)O)CC[C@@H]23)[C@@]2(C)CC[C@@H](O)C[C@@H]12)C([2H])([2H])[2H]. The molecule has 0 aliphatic heterocycles. The highest BCUT2D eigenvalue weighted by molar-refractivity contribution is 5.86. The first-order valence-electron chi connectivity index (χ1n) is 14.2. The Hall–Kier alpha value is -0.900. The first kappa shape index (κ1) is 17.6. The van der Waals surface area contributed by atoms with Crippen LogP contribution in [0.3, 0.4) is 0 Å². The van der Waals surface area contributed by atoms with Gasteiger partial charge in [0, 0.05) is 23.7 Å². The van der Waals surface area contributed by atoms with Crippen LogP contribution in [0, 0.1) is 52.3 Å². The second-order valence-electron chi connectivity index (χ2n) is 11.5. The van der Waals surface area contributed by atoms with Crippen LogP contribution in [0.1, 0.15) is 97.3 Å². The number of carboxylic acid groups (broad SMARTS) is 1. The topological polar surface area (TPSA) is 74.6 Å². The van der Waals surface area contributed by atoms with E-state index >= 15 is 0 Å². The molecule has 0 saturated heterocycles. The predicted molar refractivity (Wildman–Crippen MR) is 117 cm³/mol. The maximum absolute atomic E-state index is 14.2. The van der Waals surface area contributed by atoms with E-state index in [0.717, 1.165) is 32.1 Å². The Morgan fingerprint density at radius 3 is 2.57 bits per heavy atom. The Morgan fingerprint density at radius 1 is 1.17 bits per heavy atom. The minimum absolute atomic E-state index is 0.0348. The molecule has 0 aromatic heterocycles. The van der Waals surface area contributed by atoms with Gasteiger partial charge in [0.1, 0.15) is 5.78 Å². The first-order valence-corrected chi connectivity index (χ1v) is 12.1. The quantitative estimate of drug-likeness (QED) is 0.628. The van der Waals surface area contributed by atoms with Gasteiger partial charge in [0.05, 0.1) is 6.10 Å². The number of ketones is 1. The van der Waals surface area contributed by atoms with Gasteiger partial charge in [-0.05, 0) is 98.2 Å². The van der Waals surface area contributed by atoms with Gasteiger partial charge in [-0.25, -0.2) is 0 Å². The largest absolute Gasteiger partial charge is 0.481 e. The zero-order chi connectivity index (χ0) is 25.2. The monoisotopic (exact) mass is 422 g/mol. The number of hydrogen-bond donors (Lipinski definition) is 2. The number of aliphatic hydroxyl groups is 1. The molecule has 0 heterocycles. The van der Waals surface area contributed by atoms with Gasteiger partial charge in [-0.15, -0.1) is 0 Å². The molecule has 4 rings (SSSR count). The van der Waals surface area contributed by atoms with E-state index in [2.05, 4.69) is 20.8 Å². The van der Waals surface area contributed by atoms with E-state index in [-0.39, 0.29) is 52.6 Å². The van der Waals surface area contributed by atoms with Gasteiger partial charge in [-0.1, -0.05) is 27.6 Å². The number of Topliss-reactive ketones (excluding diaryl/α,β-unsaturated/α-hetero) is 1. The normalized spacial score (nSPS) is 52.5. The lowest BCUT2D eigenvalue weighted by molar-refractivity contribution is -0.173. The summed E-state index contributed by atoms with van der Waals surface area (Å²) < 4.78 is 32.5. The third kappa shape index (κ3) is 3.27. The van der Waals surface area contributed by atoms with Gasteiger partial charge in [0.25, 0.3) is 0 Å². The van der Waals surface area contributed by atoms with Crippen LogP contribution in [0.5, 0.6) is 0 Å². The highest BCUT2D eigenvalue weighted by Gasteiger charge is 2.65. The molecule has 1 unspecified atom stereocenters. The summed E-state index contributed by atoms with van der Waals surface area (Å²) in [5.74, 6) is -1.21. The molecular formula is C26H42O4. The van der Waals surface area contributed by atoms with Crippen molar-refractivity contribution in [3.8, 4) is 0 Å². The van der Waals surface area contributed by atoms with Crippen molar-refractivity contribution < 1.29 is 25.3 Å². The molecule has 4 saturated carbocycles. The number of rotatable bonds is 5. The van der Waals surface area contributed by atoms with Crippen molar-refractivity contribution in [2.24, 2.45) is 52.3 Å². The smallest absolute Gasteiger partial charge is 0.303 e. The highest BCUT2D eigenvalue weighted by atomic mass is 16.4. The molecule has 0 radical (unpaired) electrons. The summed E-state index contributed by atoms with van der Waals surface area (Å²) in [6, 6.07) is 0. The Morgan fingerprint density at radius 2 is 1.87 bits per heavy atom. The summed E-state index contributed by atoms with van der Waals surface area (Å²) in [5, 5.41) is 19.6. The van der Waals surface area contributed by atoms with Gasteiger partial charge in [-0.2, -0.15) is 0 Å². The van der Waals surface area contributed by atoms with Crippen molar-refractivity contribution >= 4 is 11.8 Å². The van der Waals surface area contributed by atoms with Gasteiger partial charge in [0.15, 0.2) is 0 Å². The molecule has 4 aliphatic rings. The molecule has 11 atom stereocenters. The van der Waals surface area contributed by atoms with Crippen LogP contribution in [0.4, 0.5) is 0 Å². The predicted octanol–water partition coefficient (Wildman–Crippen LogP) is 5.32. The molecular weight excluding hydrogens is 376 g/mol. The molecule has 2 N–H and O–H groups in total. The lowest BCUT2D eigenvalue weighted by atomic mass is 9.42. The van der Waals surface area contributed by atoms with Gasteiger partial charge >= 0.3 is 5.97 Å². The zero-order valence-corrected chi connectivity index (χ0v) is 18.8. The average molecular weight is 423 g/mol. The van der Waals surface area contributed by atoms with Crippen LogP contribution in [0.2, 0.25) is 0 Å². The zero-order valence-electron chi connectivity index (χ0n) is 22.8. The lowest BCUT2D eigenvalue weighted by Gasteiger charge is -2.62. The molecule has 4 aliphatic carbocycles. The minimum atomic E-state index is -2.53.